The Hall–Kier alpha value is -1.10. The summed E-state index contributed by atoms with van der Waals surface area (Å²) in [6.45, 7) is 1.11. The molecular formula is C16H26N2O3. The van der Waals surface area contributed by atoms with Crippen LogP contribution in [0.3, 0.4) is 0 Å². The van der Waals surface area contributed by atoms with Gasteiger partial charge in [-0.25, -0.2) is 0 Å². The SMILES string of the molecule is CN(CC1(O)CCCC1)C(=O)C1CCCN1C(=O)C1CC1. The van der Waals surface area contributed by atoms with Crippen molar-refractivity contribution in [1.82, 2.24) is 9.80 Å². The maximum atomic E-state index is 12.7. The molecule has 2 amide bonds. The zero-order valence-electron chi connectivity index (χ0n) is 12.9. The first-order chi connectivity index (χ1) is 10.0. The first kappa shape index (κ1) is 14.8. The van der Waals surface area contributed by atoms with Crippen LogP contribution in [0.1, 0.15) is 51.4 Å². The number of rotatable bonds is 4. The van der Waals surface area contributed by atoms with Gasteiger partial charge in [0.05, 0.1) is 5.60 Å². The van der Waals surface area contributed by atoms with Crippen molar-refractivity contribution in [3.8, 4) is 0 Å². The van der Waals surface area contributed by atoms with Gasteiger partial charge in [-0.3, -0.25) is 9.59 Å². The van der Waals surface area contributed by atoms with Crippen molar-refractivity contribution in [3.63, 3.8) is 0 Å². The molecule has 0 aromatic heterocycles. The molecule has 2 saturated carbocycles. The lowest BCUT2D eigenvalue weighted by Gasteiger charge is -2.32. The van der Waals surface area contributed by atoms with Gasteiger partial charge in [-0.1, -0.05) is 12.8 Å². The summed E-state index contributed by atoms with van der Waals surface area (Å²) in [5, 5.41) is 10.5. The maximum Gasteiger partial charge on any atom is 0.245 e. The highest BCUT2D eigenvalue weighted by Crippen LogP contribution is 2.34. The van der Waals surface area contributed by atoms with Gasteiger partial charge >= 0.3 is 0 Å². The summed E-state index contributed by atoms with van der Waals surface area (Å²) in [6.07, 6.45) is 7.26. The van der Waals surface area contributed by atoms with E-state index in [1.54, 1.807) is 16.8 Å². The second-order valence-corrected chi connectivity index (χ2v) is 7.09. The fourth-order valence-electron chi connectivity index (χ4n) is 3.82. The number of likely N-dealkylation sites (N-methyl/N-ethyl adjacent to an activating group) is 1. The van der Waals surface area contributed by atoms with Gasteiger partial charge < -0.3 is 14.9 Å². The minimum Gasteiger partial charge on any atom is -0.388 e. The number of aliphatic hydroxyl groups is 1. The molecule has 0 aromatic carbocycles. The van der Waals surface area contributed by atoms with Crippen molar-refractivity contribution in [3.05, 3.63) is 0 Å². The smallest absolute Gasteiger partial charge is 0.245 e. The lowest BCUT2D eigenvalue weighted by atomic mass is 10.0. The first-order valence-corrected chi connectivity index (χ1v) is 8.28. The fraction of sp³-hybridized carbons (Fsp3) is 0.875. The molecule has 0 radical (unpaired) electrons. The molecule has 1 atom stereocenters. The zero-order valence-corrected chi connectivity index (χ0v) is 12.9. The fourth-order valence-corrected chi connectivity index (χ4v) is 3.82. The van der Waals surface area contributed by atoms with Crippen molar-refractivity contribution >= 4 is 11.8 Å². The molecule has 3 fully saturated rings. The molecular weight excluding hydrogens is 268 g/mol. The molecule has 3 aliphatic rings. The van der Waals surface area contributed by atoms with Crippen molar-refractivity contribution in [2.24, 2.45) is 5.92 Å². The number of hydrogen-bond donors (Lipinski definition) is 1. The normalized spacial score (nSPS) is 27.9. The van der Waals surface area contributed by atoms with Gasteiger partial charge in [0.15, 0.2) is 0 Å². The Balaban J connectivity index is 1.61. The minimum absolute atomic E-state index is 0.00169. The summed E-state index contributed by atoms with van der Waals surface area (Å²) in [6, 6.07) is -0.298. The van der Waals surface area contributed by atoms with Crippen LogP contribution in [0.25, 0.3) is 0 Å². The molecule has 0 aromatic rings. The summed E-state index contributed by atoms with van der Waals surface area (Å²) in [5.74, 6) is 0.336. The summed E-state index contributed by atoms with van der Waals surface area (Å²) in [7, 11) is 1.76. The van der Waals surface area contributed by atoms with E-state index in [1.165, 1.54) is 0 Å². The third kappa shape index (κ3) is 3.07. The maximum absolute atomic E-state index is 12.7. The lowest BCUT2D eigenvalue weighted by Crippen LogP contribution is -2.50. The third-order valence-corrected chi connectivity index (χ3v) is 5.19. The molecule has 1 saturated heterocycles. The predicted molar refractivity (Wildman–Crippen MR) is 78.5 cm³/mol. The standard InChI is InChI=1S/C16H26N2O3/c1-17(11-16(21)8-2-3-9-16)15(20)13-5-4-10-18(13)14(19)12-6-7-12/h12-13,21H,2-11H2,1H3. The van der Waals surface area contributed by atoms with Crippen LogP contribution in [-0.2, 0) is 9.59 Å². The van der Waals surface area contributed by atoms with Crippen LogP contribution in [0.4, 0.5) is 0 Å². The molecule has 0 bridgehead atoms. The Morgan fingerprint density at radius 1 is 1.19 bits per heavy atom. The summed E-state index contributed by atoms with van der Waals surface area (Å²) >= 11 is 0. The average Bonchev–Trinajstić information content (AvgIpc) is 3.04. The van der Waals surface area contributed by atoms with Crippen LogP contribution in [0.15, 0.2) is 0 Å². The molecule has 1 unspecified atom stereocenters. The Morgan fingerprint density at radius 3 is 2.48 bits per heavy atom. The van der Waals surface area contributed by atoms with Gasteiger partial charge in [0.1, 0.15) is 6.04 Å². The second-order valence-electron chi connectivity index (χ2n) is 7.09. The molecule has 21 heavy (non-hydrogen) atoms. The van der Waals surface area contributed by atoms with Crippen LogP contribution < -0.4 is 0 Å². The number of amides is 2. The Kier molecular flexibility index (Phi) is 3.95. The van der Waals surface area contributed by atoms with E-state index in [9.17, 15) is 14.7 Å². The second kappa shape index (κ2) is 5.59. The van der Waals surface area contributed by atoms with Crippen LogP contribution >= 0.6 is 0 Å². The van der Waals surface area contributed by atoms with E-state index in [1.807, 2.05) is 0 Å². The highest BCUT2D eigenvalue weighted by molar-refractivity contribution is 5.90. The van der Waals surface area contributed by atoms with Crippen molar-refractivity contribution in [2.75, 3.05) is 20.1 Å². The molecule has 3 rings (SSSR count). The number of hydrogen-bond acceptors (Lipinski definition) is 3. The van der Waals surface area contributed by atoms with Gasteiger partial charge in [-0.15, -0.1) is 0 Å². The molecule has 118 valence electrons. The van der Waals surface area contributed by atoms with Crippen LogP contribution in [-0.4, -0.2) is 58.5 Å². The molecule has 2 aliphatic carbocycles. The number of carbonyl (C=O) groups is 2. The topological polar surface area (TPSA) is 60.9 Å². The highest BCUT2D eigenvalue weighted by atomic mass is 16.3. The summed E-state index contributed by atoms with van der Waals surface area (Å²) in [4.78, 5) is 28.3. The Labute approximate surface area is 126 Å². The largest absolute Gasteiger partial charge is 0.388 e. The van der Waals surface area contributed by atoms with Crippen LogP contribution in [0.5, 0.6) is 0 Å². The van der Waals surface area contributed by atoms with Gasteiger partial charge in [0, 0.05) is 26.1 Å². The van der Waals surface area contributed by atoms with Crippen LogP contribution in [0, 0.1) is 5.92 Å². The number of carbonyl (C=O) groups excluding carboxylic acids is 2. The van der Waals surface area contributed by atoms with Gasteiger partial charge in [-0.05, 0) is 38.5 Å². The number of likely N-dealkylation sites (tertiary alicyclic amines) is 1. The van der Waals surface area contributed by atoms with Gasteiger partial charge in [0.25, 0.3) is 0 Å². The lowest BCUT2D eigenvalue weighted by molar-refractivity contribution is -0.145. The monoisotopic (exact) mass is 294 g/mol. The first-order valence-electron chi connectivity index (χ1n) is 8.28. The molecule has 1 aliphatic heterocycles. The average molecular weight is 294 g/mol. The van der Waals surface area contributed by atoms with Crippen molar-refractivity contribution < 1.29 is 14.7 Å². The van der Waals surface area contributed by atoms with E-state index in [-0.39, 0.29) is 23.8 Å². The van der Waals surface area contributed by atoms with Crippen molar-refractivity contribution in [2.45, 2.75) is 63.0 Å². The molecule has 1 N–H and O–H groups in total. The van der Waals surface area contributed by atoms with Gasteiger partial charge in [-0.2, -0.15) is 0 Å². The predicted octanol–water partition coefficient (Wildman–Crippen LogP) is 1.15. The van der Waals surface area contributed by atoms with Crippen LogP contribution in [0.2, 0.25) is 0 Å². The summed E-state index contributed by atoms with van der Waals surface area (Å²) in [5.41, 5.74) is -0.714. The molecule has 1 heterocycles. The third-order valence-electron chi connectivity index (χ3n) is 5.19. The Morgan fingerprint density at radius 2 is 1.86 bits per heavy atom. The van der Waals surface area contributed by atoms with E-state index in [4.69, 9.17) is 0 Å². The number of nitrogens with zero attached hydrogens (tertiary/aromatic N) is 2. The molecule has 5 heteroatoms. The highest BCUT2D eigenvalue weighted by Gasteiger charge is 2.42. The Bertz CT molecular complexity index is 427. The van der Waals surface area contributed by atoms with E-state index in [2.05, 4.69) is 0 Å². The quantitative estimate of drug-likeness (QED) is 0.846. The van der Waals surface area contributed by atoms with Crippen molar-refractivity contribution in [1.29, 1.82) is 0 Å². The zero-order chi connectivity index (χ0) is 15.0. The molecule has 0 spiro atoms. The van der Waals surface area contributed by atoms with E-state index >= 15 is 0 Å². The summed E-state index contributed by atoms with van der Waals surface area (Å²) < 4.78 is 0. The molecule has 5 nitrogen and oxygen atoms in total. The van der Waals surface area contributed by atoms with Gasteiger partial charge in [0.2, 0.25) is 11.8 Å². The van der Waals surface area contributed by atoms with E-state index in [0.717, 1.165) is 51.4 Å². The van der Waals surface area contributed by atoms with E-state index < -0.39 is 5.60 Å². The van der Waals surface area contributed by atoms with E-state index in [0.29, 0.717) is 13.1 Å². The minimum atomic E-state index is -0.714.